The summed E-state index contributed by atoms with van der Waals surface area (Å²) in [6.07, 6.45) is 9.31. The van der Waals surface area contributed by atoms with Crippen molar-refractivity contribution in [1.29, 1.82) is 0 Å². The van der Waals surface area contributed by atoms with Gasteiger partial charge in [0.05, 0.1) is 17.8 Å². The average molecular weight is 633 g/mol. The minimum absolute atomic E-state index is 0.0700. The fourth-order valence-corrected chi connectivity index (χ4v) is 7.55. The first kappa shape index (κ1) is 32.3. The molecule has 1 aliphatic carbocycles. The van der Waals surface area contributed by atoms with Gasteiger partial charge in [-0.1, -0.05) is 75.6 Å². The maximum Gasteiger partial charge on any atom is 0.328 e. The van der Waals surface area contributed by atoms with Gasteiger partial charge in [0.15, 0.2) is 5.78 Å². The van der Waals surface area contributed by atoms with E-state index in [1.54, 1.807) is 12.1 Å². The van der Waals surface area contributed by atoms with Gasteiger partial charge >= 0.3 is 5.97 Å². The zero-order valence-electron chi connectivity index (χ0n) is 27.6. The molecule has 1 saturated carbocycles. The number of hydrogen-bond donors (Lipinski definition) is 2. The van der Waals surface area contributed by atoms with Gasteiger partial charge in [-0.3, -0.25) is 9.59 Å². The van der Waals surface area contributed by atoms with Crippen LogP contribution in [-0.4, -0.2) is 39.5 Å². The van der Waals surface area contributed by atoms with Crippen LogP contribution in [0.2, 0.25) is 0 Å². The number of Topliss-reactive ketones (excluding diaryl/α,β-unsaturated/α-hetero) is 1. The molecule has 6 rings (SSSR count). The highest BCUT2D eigenvalue weighted by Gasteiger charge is 2.36. The predicted octanol–water partition coefficient (Wildman–Crippen LogP) is 8.19. The molecule has 2 N–H and O–H groups in total. The molecule has 3 aromatic carbocycles. The fourth-order valence-electron chi connectivity index (χ4n) is 7.55. The highest BCUT2D eigenvalue weighted by molar-refractivity contribution is 6.04. The number of fused-ring (bicyclic) bond motifs is 5. The van der Waals surface area contributed by atoms with E-state index in [0.29, 0.717) is 31.1 Å². The normalized spacial score (nSPS) is 16.3. The van der Waals surface area contributed by atoms with Crippen LogP contribution in [0.1, 0.15) is 92.3 Å². The molecule has 2 aliphatic rings. The molecule has 4 aromatic rings. The van der Waals surface area contributed by atoms with Crippen LogP contribution in [-0.2, 0) is 22.6 Å². The maximum absolute atomic E-state index is 14.0. The lowest BCUT2D eigenvalue weighted by atomic mass is 9.81. The number of benzene rings is 3. The molecular weight excluding hydrogens is 588 g/mol. The van der Waals surface area contributed by atoms with Gasteiger partial charge in [0.2, 0.25) is 0 Å². The van der Waals surface area contributed by atoms with Crippen LogP contribution >= 0.6 is 0 Å². The minimum Gasteiger partial charge on any atom is -0.491 e. The van der Waals surface area contributed by atoms with Crippen LogP contribution in [0.5, 0.6) is 5.75 Å². The molecule has 1 atom stereocenters. The van der Waals surface area contributed by atoms with Crippen molar-refractivity contribution in [1.82, 2.24) is 9.88 Å². The van der Waals surface area contributed by atoms with Gasteiger partial charge in [-0.2, -0.15) is 0 Å². The van der Waals surface area contributed by atoms with E-state index in [-0.39, 0.29) is 24.0 Å². The van der Waals surface area contributed by atoms with Crippen molar-refractivity contribution in [3.05, 3.63) is 95.1 Å². The van der Waals surface area contributed by atoms with Crippen molar-refractivity contribution in [2.45, 2.75) is 83.7 Å². The Morgan fingerprint density at radius 1 is 1.02 bits per heavy atom. The molecule has 1 amide bonds. The minimum atomic E-state index is -1.07. The van der Waals surface area contributed by atoms with E-state index < -0.39 is 11.5 Å². The molecular formula is C40H44N2O5. The molecule has 0 spiro atoms. The summed E-state index contributed by atoms with van der Waals surface area (Å²) in [5.74, 6) is 0.188. The number of nitrogens with zero attached hydrogens (tertiary/aromatic N) is 1. The van der Waals surface area contributed by atoms with Crippen LogP contribution in [0, 0.1) is 5.92 Å². The van der Waals surface area contributed by atoms with Gasteiger partial charge in [0.25, 0.3) is 5.91 Å². The quantitative estimate of drug-likeness (QED) is 0.172. The lowest BCUT2D eigenvalue weighted by Gasteiger charge is -2.31. The number of amides is 1. The lowest BCUT2D eigenvalue weighted by Crippen LogP contribution is -2.53. The van der Waals surface area contributed by atoms with Crippen molar-refractivity contribution in [2.24, 2.45) is 5.92 Å². The highest BCUT2D eigenvalue weighted by atomic mass is 16.5. The van der Waals surface area contributed by atoms with Gasteiger partial charge in [0.1, 0.15) is 12.4 Å². The largest absolute Gasteiger partial charge is 0.491 e. The Morgan fingerprint density at radius 2 is 1.77 bits per heavy atom. The first-order valence-electron chi connectivity index (χ1n) is 16.9. The molecule has 0 bridgehead atoms. The Bertz CT molecular complexity index is 1830. The number of nitrogens with one attached hydrogen (secondary N) is 1. The summed E-state index contributed by atoms with van der Waals surface area (Å²) in [7, 11) is 0. The van der Waals surface area contributed by atoms with Gasteiger partial charge in [-0.25, -0.2) is 4.79 Å². The third-order valence-corrected chi connectivity index (χ3v) is 9.68. The van der Waals surface area contributed by atoms with E-state index in [4.69, 9.17) is 9.84 Å². The zero-order valence-corrected chi connectivity index (χ0v) is 27.6. The van der Waals surface area contributed by atoms with Crippen molar-refractivity contribution in [3.8, 4) is 17.0 Å². The molecule has 2 heterocycles. The number of aliphatic carboxylic acids is 1. The molecule has 0 radical (unpaired) electrons. The summed E-state index contributed by atoms with van der Waals surface area (Å²) in [5.41, 5.74) is 5.72. The number of ketones is 1. The number of carbonyl (C=O) groups is 3. The lowest BCUT2D eigenvalue weighted by molar-refractivity contribution is -0.131. The molecule has 47 heavy (non-hydrogen) atoms. The van der Waals surface area contributed by atoms with E-state index in [1.807, 2.05) is 43.3 Å². The summed E-state index contributed by atoms with van der Waals surface area (Å²) < 4.78 is 8.54. The summed E-state index contributed by atoms with van der Waals surface area (Å²) in [5, 5.41) is 13.2. The summed E-state index contributed by atoms with van der Waals surface area (Å²) >= 11 is 0. The second kappa shape index (κ2) is 13.6. The van der Waals surface area contributed by atoms with Crippen LogP contribution in [0.15, 0.2) is 72.8 Å². The molecule has 0 saturated heterocycles. The third kappa shape index (κ3) is 6.90. The molecule has 1 fully saturated rings. The Labute approximate surface area is 276 Å². The third-order valence-electron chi connectivity index (χ3n) is 9.68. The van der Waals surface area contributed by atoms with Crippen molar-refractivity contribution in [3.63, 3.8) is 0 Å². The molecule has 1 aromatic heterocycles. The topological polar surface area (TPSA) is 97.6 Å². The number of ether oxygens (including phenoxy) is 1. The van der Waals surface area contributed by atoms with E-state index in [2.05, 4.69) is 41.9 Å². The molecule has 1 unspecified atom stereocenters. The number of carboxylic acid groups (broad SMARTS) is 1. The summed E-state index contributed by atoms with van der Waals surface area (Å²) in [6, 6.07) is 21.5. The molecule has 7 heteroatoms. The number of carboxylic acids is 1. The fraction of sp³-hybridized carbons (Fsp3) is 0.375. The van der Waals surface area contributed by atoms with Gasteiger partial charge in [-0.15, -0.1) is 0 Å². The maximum atomic E-state index is 14.0. The summed E-state index contributed by atoms with van der Waals surface area (Å²) in [6.45, 7) is 7.17. The first-order chi connectivity index (χ1) is 22.6. The Hall–Kier alpha value is -4.65. The summed E-state index contributed by atoms with van der Waals surface area (Å²) in [4.78, 5) is 38.7. The van der Waals surface area contributed by atoms with Crippen LogP contribution in [0.4, 0.5) is 0 Å². The Morgan fingerprint density at radius 3 is 2.49 bits per heavy atom. The number of hydrogen-bond acceptors (Lipinski definition) is 4. The van der Waals surface area contributed by atoms with Crippen molar-refractivity contribution in [2.75, 3.05) is 6.61 Å². The highest BCUT2D eigenvalue weighted by Crippen LogP contribution is 2.47. The van der Waals surface area contributed by atoms with Gasteiger partial charge in [0, 0.05) is 34.5 Å². The smallest absolute Gasteiger partial charge is 0.328 e. The number of para-hydroxylation sites is 1. The SMILES string of the molecule is CC(C)CC(C)(NC(=O)c1ccc2c(C3CCCCC3)c3n(c2c1)CCOc1ccccc1-3)C(=O)Cc1ccc(/C=C/C(=O)O)cc1. The van der Waals surface area contributed by atoms with Gasteiger partial charge in [-0.05, 0) is 85.1 Å². The Kier molecular flexibility index (Phi) is 9.35. The molecule has 244 valence electrons. The number of rotatable bonds is 10. The zero-order chi connectivity index (χ0) is 33.1. The predicted molar refractivity (Wildman–Crippen MR) is 186 cm³/mol. The molecule has 1 aliphatic heterocycles. The second-order valence-corrected chi connectivity index (χ2v) is 13.7. The Balaban J connectivity index is 1.32. The number of aromatic nitrogens is 1. The van der Waals surface area contributed by atoms with E-state index in [0.717, 1.165) is 46.9 Å². The van der Waals surface area contributed by atoms with Gasteiger partial charge < -0.3 is 19.7 Å². The monoisotopic (exact) mass is 632 g/mol. The number of carbonyl (C=O) groups excluding carboxylic acids is 2. The molecule has 7 nitrogen and oxygen atoms in total. The standard InChI is InChI=1S/C40H44N2O5/c1-26(2)25-40(3,35(43)23-28-15-13-27(14-16-28)17-20-36(44)45)41-39(46)30-18-19-31-33(24-30)42-21-22-47-34-12-8-7-11-32(34)38(42)37(31)29-9-5-4-6-10-29/h7-8,11-20,24,26,29H,4-6,9-10,21-23,25H2,1-3H3,(H,41,46)(H,44,45)/b20-17+. The first-order valence-corrected chi connectivity index (χ1v) is 16.9. The van der Waals surface area contributed by atoms with Crippen molar-refractivity contribution >= 4 is 34.6 Å². The second-order valence-electron chi connectivity index (χ2n) is 13.7. The van der Waals surface area contributed by atoms with E-state index in [9.17, 15) is 14.4 Å². The van der Waals surface area contributed by atoms with Crippen molar-refractivity contribution < 1.29 is 24.2 Å². The van der Waals surface area contributed by atoms with Crippen LogP contribution < -0.4 is 10.1 Å². The van der Waals surface area contributed by atoms with Crippen LogP contribution in [0.25, 0.3) is 28.2 Å². The average Bonchev–Trinajstić information content (AvgIpc) is 3.25. The van der Waals surface area contributed by atoms with E-state index in [1.165, 1.54) is 42.0 Å². The van der Waals surface area contributed by atoms with Crippen LogP contribution in [0.3, 0.4) is 0 Å². The van der Waals surface area contributed by atoms with E-state index >= 15 is 0 Å².